The van der Waals surface area contributed by atoms with E-state index in [9.17, 15) is 0 Å². The van der Waals surface area contributed by atoms with Gasteiger partial charge in [0.25, 0.3) is 0 Å². The third-order valence-corrected chi connectivity index (χ3v) is 4.53. The summed E-state index contributed by atoms with van der Waals surface area (Å²) in [5.74, 6) is 0.870. The number of thiophene rings is 1. The standard InChI is InChI=1S/C15H18BrNOS/c1-3-17-14(10-12-5-4-8-19-12)11-6-7-15(18-2)13(16)9-11/h4-9,14,17H,3,10H2,1-2H3. The SMILES string of the molecule is CCNC(Cc1cccs1)c1ccc(OC)c(Br)c1. The van der Waals surface area contributed by atoms with Gasteiger partial charge in [0.05, 0.1) is 11.6 Å². The van der Waals surface area contributed by atoms with E-state index in [1.165, 1.54) is 10.4 Å². The highest BCUT2D eigenvalue weighted by molar-refractivity contribution is 9.10. The molecule has 0 aliphatic carbocycles. The Bertz CT molecular complexity index is 513. The molecule has 2 nitrogen and oxygen atoms in total. The maximum atomic E-state index is 5.28. The lowest BCUT2D eigenvalue weighted by atomic mass is 10.0. The average molecular weight is 340 g/mol. The second kappa shape index (κ2) is 7.08. The molecule has 19 heavy (non-hydrogen) atoms. The van der Waals surface area contributed by atoms with Crippen LogP contribution in [0.3, 0.4) is 0 Å². The first-order chi connectivity index (χ1) is 9.24. The van der Waals surface area contributed by atoms with Gasteiger partial charge in [-0.2, -0.15) is 0 Å². The Kier molecular flexibility index (Phi) is 5.43. The Morgan fingerprint density at radius 2 is 2.21 bits per heavy atom. The molecule has 0 saturated heterocycles. The number of methoxy groups -OCH3 is 1. The summed E-state index contributed by atoms with van der Waals surface area (Å²) in [4.78, 5) is 1.40. The first kappa shape index (κ1) is 14.6. The summed E-state index contributed by atoms with van der Waals surface area (Å²) in [6, 6.07) is 10.9. The predicted molar refractivity (Wildman–Crippen MR) is 85.1 cm³/mol. The molecule has 2 aromatic rings. The summed E-state index contributed by atoms with van der Waals surface area (Å²) in [6.07, 6.45) is 1.02. The summed E-state index contributed by atoms with van der Waals surface area (Å²) in [6.45, 7) is 3.10. The van der Waals surface area contributed by atoms with Gasteiger partial charge in [-0.05, 0) is 51.6 Å². The number of rotatable bonds is 6. The monoisotopic (exact) mass is 339 g/mol. The van der Waals surface area contributed by atoms with Crippen molar-refractivity contribution in [2.45, 2.75) is 19.4 Å². The van der Waals surface area contributed by atoms with Gasteiger partial charge in [0, 0.05) is 17.3 Å². The van der Waals surface area contributed by atoms with E-state index in [2.05, 4.69) is 57.8 Å². The molecule has 0 aliphatic heterocycles. The summed E-state index contributed by atoms with van der Waals surface area (Å²) < 4.78 is 6.28. The van der Waals surface area contributed by atoms with Crippen molar-refractivity contribution >= 4 is 27.3 Å². The summed E-state index contributed by atoms with van der Waals surface area (Å²) in [7, 11) is 1.69. The van der Waals surface area contributed by atoms with Crippen LogP contribution < -0.4 is 10.1 Å². The van der Waals surface area contributed by atoms with E-state index >= 15 is 0 Å². The first-order valence-electron chi connectivity index (χ1n) is 6.33. The van der Waals surface area contributed by atoms with Gasteiger partial charge in [-0.25, -0.2) is 0 Å². The van der Waals surface area contributed by atoms with E-state index < -0.39 is 0 Å². The molecule has 1 unspecified atom stereocenters. The molecule has 1 aromatic carbocycles. The van der Waals surface area contributed by atoms with Crippen LogP contribution in [-0.4, -0.2) is 13.7 Å². The molecule has 0 fully saturated rings. The van der Waals surface area contributed by atoms with Gasteiger partial charge in [0.1, 0.15) is 5.75 Å². The van der Waals surface area contributed by atoms with Crippen LogP contribution in [0.15, 0.2) is 40.2 Å². The fourth-order valence-corrected chi connectivity index (χ4v) is 3.39. The van der Waals surface area contributed by atoms with Crippen LogP contribution >= 0.6 is 27.3 Å². The van der Waals surface area contributed by atoms with E-state index in [1.807, 2.05) is 17.4 Å². The molecule has 1 heterocycles. The maximum absolute atomic E-state index is 5.28. The second-order valence-electron chi connectivity index (χ2n) is 4.29. The maximum Gasteiger partial charge on any atom is 0.133 e. The normalized spacial score (nSPS) is 12.4. The third-order valence-electron chi connectivity index (χ3n) is 3.01. The number of hydrogen-bond donors (Lipinski definition) is 1. The fraction of sp³-hybridized carbons (Fsp3) is 0.333. The minimum Gasteiger partial charge on any atom is -0.496 e. The van der Waals surface area contributed by atoms with Gasteiger partial charge in [0.2, 0.25) is 0 Å². The van der Waals surface area contributed by atoms with Crippen LogP contribution in [0.1, 0.15) is 23.4 Å². The molecule has 0 bridgehead atoms. The van der Waals surface area contributed by atoms with Crippen molar-refractivity contribution in [2.75, 3.05) is 13.7 Å². The molecule has 0 spiro atoms. The molecule has 1 aromatic heterocycles. The van der Waals surface area contributed by atoms with Gasteiger partial charge in [-0.3, -0.25) is 0 Å². The van der Waals surface area contributed by atoms with E-state index in [4.69, 9.17) is 4.74 Å². The lowest BCUT2D eigenvalue weighted by Gasteiger charge is -2.18. The van der Waals surface area contributed by atoms with Gasteiger partial charge < -0.3 is 10.1 Å². The Morgan fingerprint density at radius 1 is 1.37 bits per heavy atom. The van der Waals surface area contributed by atoms with Gasteiger partial charge in [-0.1, -0.05) is 19.1 Å². The van der Waals surface area contributed by atoms with Crippen molar-refractivity contribution in [3.05, 3.63) is 50.6 Å². The lowest BCUT2D eigenvalue weighted by Crippen LogP contribution is -2.22. The minimum atomic E-state index is 0.339. The van der Waals surface area contributed by atoms with Crippen molar-refractivity contribution in [3.63, 3.8) is 0 Å². The first-order valence-corrected chi connectivity index (χ1v) is 8.01. The average Bonchev–Trinajstić information content (AvgIpc) is 2.91. The van der Waals surface area contributed by atoms with Crippen LogP contribution in [0.2, 0.25) is 0 Å². The third kappa shape index (κ3) is 3.81. The van der Waals surface area contributed by atoms with Crippen molar-refractivity contribution in [1.29, 1.82) is 0 Å². The van der Waals surface area contributed by atoms with Crippen LogP contribution in [0.25, 0.3) is 0 Å². The van der Waals surface area contributed by atoms with E-state index in [0.717, 1.165) is 23.2 Å². The highest BCUT2D eigenvalue weighted by Crippen LogP contribution is 2.29. The lowest BCUT2D eigenvalue weighted by molar-refractivity contribution is 0.411. The fourth-order valence-electron chi connectivity index (χ4n) is 2.08. The quantitative estimate of drug-likeness (QED) is 0.841. The summed E-state index contributed by atoms with van der Waals surface area (Å²) in [5, 5.41) is 5.67. The van der Waals surface area contributed by atoms with Gasteiger partial charge in [-0.15, -0.1) is 11.3 Å². The molecule has 0 amide bonds. The molecule has 1 N–H and O–H groups in total. The zero-order chi connectivity index (χ0) is 13.7. The number of nitrogens with one attached hydrogen (secondary N) is 1. The predicted octanol–water partition coefficient (Wildman–Crippen LogP) is 4.41. The van der Waals surface area contributed by atoms with Crippen LogP contribution in [0.4, 0.5) is 0 Å². The Hall–Kier alpha value is -0.840. The van der Waals surface area contributed by atoms with Crippen LogP contribution in [0, 0.1) is 0 Å². The Balaban J connectivity index is 2.20. The topological polar surface area (TPSA) is 21.3 Å². The zero-order valence-electron chi connectivity index (χ0n) is 11.2. The number of benzene rings is 1. The molecule has 102 valence electrons. The largest absolute Gasteiger partial charge is 0.496 e. The van der Waals surface area contributed by atoms with Gasteiger partial charge in [0.15, 0.2) is 0 Å². The molecule has 4 heteroatoms. The van der Waals surface area contributed by atoms with Crippen LogP contribution in [0.5, 0.6) is 5.75 Å². The van der Waals surface area contributed by atoms with Gasteiger partial charge >= 0.3 is 0 Å². The Morgan fingerprint density at radius 3 is 2.79 bits per heavy atom. The smallest absolute Gasteiger partial charge is 0.133 e. The van der Waals surface area contributed by atoms with E-state index in [-0.39, 0.29) is 0 Å². The number of likely N-dealkylation sites (N-methyl/N-ethyl adjacent to an activating group) is 1. The molecular formula is C15H18BrNOS. The highest BCUT2D eigenvalue weighted by Gasteiger charge is 2.13. The Labute approximate surface area is 126 Å². The number of ether oxygens (including phenoxy) is 1. The molecule has 0 aliphatic rings. The van der Waals surface area contributed by atoms with Crippen molar-refractivity contribution < 1.29 is 4.74 Å². The molecule has 0 radical (unpaired) electrons. The number of hydrogen-bond acceptors (Lipinski definition) is 3. The molecule has 2 rings (SSSR count). The molecule has 1 atom stereocenters. The van der Waals surface area contributed by atoms with Crippen molar-refractivity contribution in [1.82, 2.24) is 5.32 Å². The second-order valence-corrected chi connectivity index (χ2v) is 6.17. The number of halogens is 1. The zero-order valence-corrected chi connectivity index (χ0v) is 13.6. The molecular weight excluding hydrogens is 322 g/mol. The van der Waals surface area contributed by atoms with Crippen molar-refractivity contribution in [3.8, 4) is 5.75 Å². The van der Waals surface area contributed by atoms with E-state index in [0.29, 0.717) is 6.04 Å². The molecule has 0 saturated carbocycles. The van der Waals surface area contributed by atoms with Crippen molar-refractivity contribution in [2.24, 2.45) is 0 Å². The highest BCUT2D eigenvalue weighted by atomic mass is 79.9. The minimum absolute atomic E-state index is 0.339. The summed E-state index contributed by atoms with van der Waals surface area (Å²) >= 11 is 5.36. The summed E-state index contributed by atoms with van der Waals surface area (Å²) in [5.41, 5.74) is 1.28. The van der Waals surface area contributed by atoms with E-state index in [1.54, 1.807) is 7.11 Å². The van der Waals surface area contributed by atoms with Crippen LogP contribution in [-0.2, 0) is 6.42 Å².